The van der Waals surface area contributed by atoms with Crippen LogP contribution in [0.15, 0.2) is 60.7 Å². The number of benzene rings is 3. The van der Waals surface area contributed by atoms with E-state index in [2.05, 4.69) is 74.5 Å². The molecule has 3 aromatic carbocycles. The van der Waals surface area contributed by atoms with E-state index < -0.39 is 0 Å². The molecule has 0 spiro atoms. The van der Waals surface area contributed by atoms with Crippen LogP contribution < -0.4 is 0 Å². The highest BCUT2D eigenvalue weighted by molar-refractivity contribution is 5.87. The van der Waals surface area contributed by atoms with E-state index in [1.54, 1.807) is 0 Å². The number of hydrogen-bond donors (Lipinski definition) is 0. The smallest absolute Gasteiger partial charge is 0.0178 e. The van der Waals surface area contributed by atoms with Crippen LogP contribution >= 0.6 is 0 Å². The molecule has 114 valence electrons. The van der Waals surface area contributed by atoms with Gasteiger partial charge in [-0.3, -0.25) is 0 Å². The van der Waals surface area contributed by atoms with Crippen molar-refractivity contribution >= 4 is 10.8 Å². The van der Waals surface area contributed by atoms with Crippen LogP contribution in [0, 0.1) is 0 Å². The van der Waals surface area contributed by atoms with Gasteiger partial charge in [-0.1, -0.05) is 82.3 Å². The second-order valence-electron chi connectivity index (χ2n) is 5.30. The van der Waals surface area contributed by atoms with Gasteiger partial charge >= 0.3 is 0 Å². The van der Waals surface area contributed by atoms with Crippen molar-refractivity contribution in [3.8, 4) is 11.1 Å². The zero-order valence-electron chi connectivity index (χ0n) is 14.2. The van der Waals surface area contributed by atoms with Crippen molar-refractivity contribution in [3.63, 3.8) is 0 Å². The molecule has 0 nitrogen and oxygen atoms in total. The zero-order chi connectivity index (χ0) is 15.9. The third-order valence-corrected chi connectivity index (χ3v) is 4.01. The van der Waals surface area contributed by atoms with Gasteiger partial charge in [0, 0.05) is 0 Å². The molecule has 0 N–H and O–H groups in total. The Kier molecular flexibility index (Phi) is 5.77. The minimum Gasteiger partial charge on any atom is -0.0683 e. The number of rotatable bonds is 3. The molecule has 0 aromatic heterocycles. The van der Waals surface area contributed by atoms with Gasteiger partial charge in [-0.05, 0) is 51.9 Å². The molecular weight excluding hydrogens is 264 g/mol. The van der Waals surface area contributed by atoms with Crippen molar-refractivity contribution in [1.82, 2.24) is 0 Å². The lowest BCUT2D eigenvalue weighted by molar-refractivity contribution is 1.14. The SMILES string of the molecule is CC.CCc1ccc(-c2ccc3cc(CC)ccc3c2)cc1. The van der Waals surface area contributed by atoms with Crippen LogP contribution in [0.5, 0.6) is 0 Å². The van der Waals surface area contributed by atoms with Gasteiger partial charge < -0.3 is 0 Å². The molecule has 0 heteroatoms. The van der Waals surface area contributed by atoms with Crippen molar-refractivity contribution < 1.29 is 0 Å². The third kappa shape index (κ3) is 3.57. The topological polar surface area (TPSA) is 0 Å². The van der Waals surface area contributed by atoms with Gasteiger partial charge in [0.2, 0.25) is 0 Å². The van der Waals surface area contributed by atoms with Crippen molar-refractivity contribution in [2.45, 2.75) is 40.5 Å². The largest absolute Gasteiger partial charge is 0.0683 e. The first kappa shape index (κ1) is 16.3. The molecule has 0 saturated heterocycles. The summed E-state index contributed by atoms with van der Waals surface area (Å²) < 4.78 is 0. The van der Waals surface area contributed by atoms with Crippen LogP contribution in [-0.4, -0.2) is 0 Å². The Morgan fingerprint density at radius 2 is 1.05 bits per heavy atom. The van der Waals surface area contributed by atoms with Gasteiger partial charge in [0.25, 0.3) is 0 Å². The monoisotopic (exact) mass is 290 g/mol. The fraction of sp³-hybridized carbons (Fsp3) is 0.273. The minimum absolute atomic E-state index is 1.09. The van der Waals surface area contributed by atoms with Crippen LogP contribution in [0.4, 0.5) is 0 Å². The standard InChI is InChI=1S/C20H20.C2H6/c1-3-15-5-8-17(9-6-15)19-12-11-18-13-16(4-2)7-10-20(18)14-19;1-2/h5-14H,3-4H2,1-2H3;1-2H3. The van der Waals surface area contributed by atoms with Crippen LogP contribution in [0.2, 0.25) is 0 Å². The summed E-state index contributed by atoms with van der Waals surface area (Å²) in [5, 5.41) is 2.65. The first-order valence-corrected chi connectivity index (χ1v) is 8.42. The molecule has 0 aliphatic carbocycles. The fourth-order valence-electron chi connectivity index (χ4n) is 2.63. The predicted octanol–water partition coefficient (Wildman–Crippen LogP) is 6.66. The van der Waals surface area contributed by atoms with Crippen molar-refractivity contribution in [2.24, 2.45) is 0 Å². The van der Waals surface area contributed by atoms with Crippen LogP contribution in [0.25, 0.3) is 21.9 Å². The fourth-order valence-corrected chi connectivity index (χ4v) is 2.63. The summed E-state index contributed by atoms with van der Waals surface area (Å²) in [5.74, 6) is 0. The van der Waals surface area contributed by atoms with Gasteiger partial charge in [0.05, 0.1) is 0 Å². The van der Waals surface area contributed by atoms with Gasteiger partial charge in [0.15, 0.2) is 0 Å². The Balaban J connectivity index is 0.000000847. The summed E-state index contributed by atoms with van der Waals surface area (Å²) in [6.07, 6.45) is 2.19. The molecular formula is C22H26. The predicted molar refractivity (Wildman–Crippen MR) is 99.5 cm³/mol. The summed E-state index contributed by atoms with van der Waals surface area (Å²) in [6, 6.07) is 22.4. The van der Waals surface area contributed by atoms with E-state index in [4.69, 9.17) is 0 Å². The molecule has 3 rings (SSSR count). The number of fused-ring (bicyclic) bond motifs is 1. The van der Waals surface area contributed by atoms with Crippen LogP contribution in [0.3, 0.4) is 0 Å². The van der Waals surface area contributed by atoms with Crippen LogP contribution in [-0.2, 0) is 12.8 Å². The Bertz CT molecular complexity index is 721. The molecule has 3 aromatic rings. The molecule has 0 amide bonds. The van der Waals surface area contributed by atoms with Gasteiger partial charge in [0.1, 0.15) is 0 Å². The lowest BCUT2D eigenvalue weighted by Crippen LogP contribution is -1.84. The van der Waals surface area contributed by atoms with Crippen molar-refractivity contribution in [2.75, 3.05) is 0 Å². The molecule has 22 heavy (non-hydrogen) atoms. The van der Waals surface area contributed by atoms with E-state index in [1.807, 2.05) is 13.8 Å². The number of aryl methyl sites for hydroxylation is 2. The van der Waals surface area contributed by atoms with E-state index in [0.717, 1.165) is 12.8 Å². The van der Waals surface area contributed by atoms with E-state index in [0.29, 0.717) is 0 Å². The Morgan fingerprint density at radius 3 is 1.68 bits per heavy atom. The minimum atomic E-state index is 1.09. The Hall–Kier alpha value is -2.08. The second kappa shape index (κ2) is 7.79. The molecule has 0 atom stereocenters. The summed E-state index contributed by atoms with van der Waals surface area (Å²) >= 11 is 0. The molecule has 0 aliphatic heterocycles. The molecule has 0 unspecified atom stereocenters. The maximum absolute atomic E-state index is 2.29. The maximum Gasteiger partial charge on any atom is -0.0178 e. The third-order valence-electron chi connectivity index (χ3n) is 4.01. The molecule has 0 fully saturated rings. The Morgan fingerprint density at radius 1 is 0.545 bits per heavy atom. The molecule has 0 aliphatic rings. The lowest BCUT2D eigenvalue weighted by atomic mass is 9.98. The van der Waals surface area contributed by atoms with E-state index in [-0.39, 0.29) is 0 Å². The van der Waals surface area contributed by atoms with Gasteiger partial charge in [-0.2, -0.15) is 0 Å². The summed E-state index contributed by atoms with van der Waals surface area (Å²) in [4.78, 5) is 0. The van der Waals surface area contributed by atoms with E-state index >= 15 is 0 Å². The van der Waals surface area contributed by atoms with Crippen molar-refractivity contribution in [1.29, 1.82) is 0 Å². The van der Waals surface area contributed by atoms with Gasteiger partial charge in [-0.15, -0.1) is 0 Å². The second-order valence-corrected chi connectivity index (χ2v) is 5.30. The zero-order valence-corrected chi connectivity index (χ0v) is 14.2. The highest BCUT2D eigenvalue weighted by atomic mass is 14.1. The normalized spacial score (nSPS) is 10.2. The average Bonchev–Trinajstić information content (AvgIpc) is 2.62. The average molecular weight is 290 g/mol. The first-order chi connectivity index (χ1) is 10.8. The highest BCUT2D eigenvalue weighted by Crippen LogP contribution is 2.25. The lowest BCUT2D eigenvalue weighted by Gasteiger charge is -2.06. The van der Waals surface area contributed by atoms with E-state index in [1.165, 1.54) is 33.0 Å². The van der Waals surface area contributed by atoms with Crippen molar-refractivity contribution in [3.05, 3.63) is 71.8 Å². The summed E-state index contributed by atoms with van der Waals surface area (Å²) in [6.45, 7) is 8.39. The molecule has 0 bridgehead atoms. The first-order valence-electron chi connectivity index (χ1n) is 8.42. The number of hydrogen-bond acceptors (Lipinski definition) is 0. The molecule has 0 saturated carbocycles. The Labute approximate surface area is 134 Å². The summed E-state index contributed by atoms with van der Waals surface area (Å²) in [5.41, 5.74) is 5.38. The van der Waals surface area contributed by atoms with Crippen LogP contribution in [0.1, 0.15) is 38.8 Å². The van der Waals surface area contributed by atoms with E-state index in [9.17, 15) is 0 Å². The highest BCUT2D eigenvalue weighted by Gasteiger charge is 2.01. The quantitative estimate of drug-likeness (QED) is 0.506. The molecule has 0 heterocycles. The summed E-state index contributed by atoms with van der Waals surface area (Å²) in [7, 11) is 0. The molecule has 0 radical (unpaired) electrons. The maximum atomic E-state index is 2.29. The van der Waals surface area contributed by atoms with Gasteiger partial charge in [-0.25, -0.2) is 0 Å².